The van der Waals surface area contributed by atoms with Gasteiger partial charge in [0.2, 0.25) is 0 Å². The van der Waals surface area contributed by atoms with Gasteiger partial charge >= 0.3 is 5.63 Å². The Morgan fingerprint density at radius 1 is 0.463 bits per heavy atom. The molecule has 12 rings (SSSR count). The fourth-order valence-electron chi connectivity index (χ4n) is 9.77. The number of hydrogen-bond donors (Lipinski definition) is 0. The Bertz CT molecular complexity index is 3430. The lowest BCUT2D eigenvalue weighted by Crippen LogP contribution is -2.21. The van der Waals surface area contributed by atoms with Gasteiger partial charge in [0.1, 0.15) is 10.6 Å². The Morgan fingerprint density at radius 2 is 0.866 bits per heavy atom. The van der Waals surface area contributed by atoms with E-state index >= 15 is 0 Å². The summed E-state index contributed by atoms with van der Waals surface area (Å²) in [7, 11) is 0. The summed E-state index contributed by atoms with van der Waals surface area (Å²) in [5, 5.41) is 9.26. The summed E-state index contributed by atoms with van der Waals surface area (Å²) in [6, 6.07) is 77.4. The van der Waals surface area contributed by atoms with E-state index in [0.29, 0.717) is 16.2 Å². The Morgan fingerprint density at radius 3 is 1.28 bits per heavy atom. The molecule has 0 aliphatic heterocycles. The minimum absolute atomic E-state index is 0.344. The third kappa shape index (κ3) is 7.63. The first-order valence-electron chi connectivity index (χ1n) is 22.9. The SMILES string of the molecule is CCN(CC)c1ccc2cc(-c3nc4ccccc4s3)c(=O)oc2c1.c1ccc(-c2c3ccccc3c(-c3ccccc3)c3c(-c4ccccc4)c4ccccc4c(-c4ccccc4)c23)cc1. The van der Waals surface area contributed by atoms with E-state index in [4.69, 9.17) is 4.42 Å². The smallest absolute Gasteiger partial charge is 0.346 e. The van der Waals surface area contributed by atoms with Crippen LogP contribution in [-0.4, -0.2) is 18.1 Å². The maximum Gasteiger partial charge on any atom is 0.346 e. The van der Waals surface area contributed by atoms with Crippen molar-refractivity contribution in [3.8, 4) is 55.1 Å². The van der Waals surface area contributed by atoms with E-state index in [1.807, 2.05) is 42.5 Å². The molecule has 67 heavy (non-hydrogen) atoms. The van der Waals surface area contributed by atoms with Crippen molar-refractivity contribution < 1.29 is 4.42 Å². The van der Waals surface area contributed by atoms with Crippen molar-refractivity contribution in [3.05, 3.63) is 229 Å². The first-order chi connectivity index (χ1) is 33.1. The second-order valence-electron chi connectivity index (χ2n) is 16.6. The van der Waals surface area contributed by atoms with Crippen molar-refractivity contribution >= 4 is 70.5 Å². The van der Waals surface area contributed by atoms with Crippen LogP contribution in [0.3, 0.4) is 0 Å². The summed E-state index contributed by atoms with van der Waals surface area (Å²) in [5.74, 6) is 0. The normalized spacial score (nSPS) is 11.3. The van der Waals surface area contributed by atoms with Crippen LogP contribution in [0.1, 0.15) is 13.8 Å². The zero-order chi connectivity index (χ0) is 45.3. The van der Waals surface area contributed by atoms with Crippen molar-refractivity contribution in [2.45, 2.75) is 13.8 Å². The van der Waals surface area contributed by atoms with Gasteiger partial charge < -0.3 is 9.32 Å². The third-order valence-electron chi connectivity index (χ3n) is 12.8. The lowest BCUT2D eigenvalue weighted by molar-refractivity contribution is 0.563. The average Bonchev–Trinajstić information content (AvgIpc) is 3.83. The predicted octanol–water partition coefficient (Wildman–Crippen LogP) is 16.7. The van der Waals surface area contributed by atoms with Gasteiger partial charge in [0.15, 0.2) is 0 Å². The van der Waals surface area contributed by atoms with Crippen LogP contribution >= 0.6 is 11.3 Å². The molecule has 322 valence electrons. The molecule has 0 atom stereocenters. The lowest BCUT2D eigenvalue weighted by atomic mass is 9.77. The topological polar surface area (TPSA) is 46.3 Å². The largest absolute Gasteiger partial charge is 0.422 e. The van der Waals surface area contributed by atoms with Crippen LogP contribution in [0, 0.1) is 0 Å². The molecular formula is C62H46N2O2S. The van der Waals surface area contributed by atoms with Crippen LogP contribution in [0.5, 0.6) is 0 Å². The number of benzene rings is 10. The van der Waals surface area contributed by atoms with Crippen molar-refractivity contribution in [3.63, 3.8) is 0 Å². The summed E-state index contributed by atoms with van der Waals surface area (Å²) in [6.45, 7) is 6.05. The third-order valence-corrected chi connectivity index (χ3v) is 13.9. The minimum atomic E-state index is -0.344. The lowest BCUT2D eigenvalue weighted by Gasteiger charge is -2.25. The molecule has 0 fully saturated rings. The number of fused-ring (bicyclic) bond motifs is 5. The molecule has 10 aromatic carbocycles. The fraction of sp³-hybridized carbons (Fsp3) is 0.0645. The van der Waals surface area contributed by atoms with Crippen LogP contribution in [0.4, 0.5) is 5.69 Å². The van der Waals surface area contributed by atoms with Gasteiger partial charge in [-0.3, -0.25) is 0 Å². The van der Waals surface area contributed by atoms with E-state index in [1.54, 1.807) is 0 Å². The first-order valence-corrected chi connectivity index (χ1v) is 23.7. The molecule has 0 bridgehead atoms. The molecule has 0 amide bonds. The Labute approximate surface area is 393 Å². The van der Waals surface area contributed by atoms with Crippen LogP contribution in [0.2, 0.25) is 0 Å². The molecule has 0 spiro atoms. The van der Waals surface area contributed by atoms with E-state index in [0.717, 1.165) is 34.4 Å². The van der Waals surface area contributed by atoms with Crippen molar-refractivity contribution in [2.24, 2.45) is 0 Å². The number of nitrogens with zero attached hydrogens (tertiary/aromatic N) is 2. The highest BCUT2D eigenvalue weighted by atomic mass is 32.1. The second-order valence-corrected chi connectivity index (χ2v) is 17.7. The molecule has 0 radical (unpaired) electrons. The van der Waals surface area contributed by atoms with E-state index < -0.39 is 0 Å². The molecule has 5 heteroatoms. The van der Waals surface area contributed by atoms with E-state index in [1.165, 1.54) is 88.2 Å². The van der Waals surface area contributed by atoms with Crippen LogP contribution in [0.25, 0.3) is 109 Å². The summed E-state index contributed by atoms with van der Waals surface area (Å²) >= 11 is 1.51. The first kappa shape index (κ1) is 41.6. The number of thiazole rings is 1. The van der Waals surface area contributed by atoms with Gasteiger partial charge in [0.05, 0.1) is 15.8 Å². The van der Waals surface area contributed by atoms with Gasteiger partial charge in [0, 0.05) is 30.2 Å². The zero-order valence-electron chi connectivity index (χ0n) is 37.3. The summed E-state index contributed by atoms with van der Waals surface area (Å²) < 4.78 is 6.67. The predicted molar refractivity (Wildman–Crippen MR) is 285 cm³/mol. The minimum Gasteiger partial charge on any atom is -0.422 e. The molecule has 2 heterocycles. The molecule has 0 aliphatic rings. The van der Waals surface area contributed by atoms with Crippen LogP contribution < -0.4 is 10.5 Å². The number of para-hydroxylation sites is 1. The van der Waals surface area contributed by atoms with Gasteiger partial charge in [-0.25, -0.2) is 9.78 Å². The molecule has 0 saturated carbocycles. The molecular weight excluding hydrogens is 837 g/mol. The summed E-state index contributed by atoms with van der Waals surface area (Å²) in [5.41, 5.74) is 12.8. The van der Waals surface area contributed by atoms with Gasteiger partial charge in [-0.1, -0.05) is 182 Å². The highest BCUT2D eigenvalue weighted by Gasteiger charge is 2.25. The number of anilines is 1. The maximum atomic E-state index is 12.5. The highest BCUT2D eigenvalue weighted by molar-refractivity contribution is 7.21. The Kier molecular flexibility index (Phi) is 11.2. The molecule has 0 aliphatic carbocycles. The highest BCUT2D eigenvalue weighted by Crippen LogP contribution is 2.53. The molecule has 0 N–H and O–H groups in total. The second kappa shape index (κ2) is 18.0. The molecule has 0 unspecified atom stereocenters. The number of aromatic nitrogens is 1. The zero-order valence-corrected chi connectivity index (χ0v) is 38.1. The summed E-state index contributed by atoms with van der Waals surface area (Å²) in [6.07, 6.45) is 0. The number of hydrogen-bond acceptors (Lipinski definition) is 5. The molecule has 0 saturated heterocycles. The van der Waals surface area contributed by atoms with Crippen molar-refractivity contribution in [2.75, 3.05) is 18.0 Å². The van der Waals surface area contributed by atoms with Crippen molar-refractivity contribution in [1.29, 1.82) is 0 Å². The summed E-state index contributed by atoms with van der Waals surface area (Å²) in [4.78, 5) is 19.3. The van der Waals surface area contributed by atoms with Crippen molar-refractivity contribution in [1.82, 2.24) is 4.98 Å². The molecule has 4 nitrogen and oxygen atoms in total. The van der Waals surface area contributed by atoms with Gasteiger partial charge in [-0.05, 0) is 121 Å². The van der Waals surface area contributed by atoms with Gasteiger partial charge in [0.25, 0.3) is 0 Å². The van der Waals surface area contributed by atoms with Crippen LogP contribution in [0.15, 0.2) is 228 Å². The molecule has 12 aromatic rings. The fourth-order valence-corrected chi connectivity index (χ4v) is 10.7. The van der Waals surface area contributed by atoms with Gasteiger partial charge in [-0.15, -0.1) is 11.3 Å². The van der Waals surface area contributed by atoms with E-state index in [9.17, 15) is 4.79 Å². The quantitative estimate of drug-likeness (QED) is 0.113. The number of rotatable bonds is 8. The van der Waals surface area contributed by atoms with Crippen LogP contribution in [-0.2, 0) is 0 Å². The molecule has 2 aromatic heterocycles. The standard InChI is InChI=1S/C42H28.C20H18N2O2S/c1-5-17-29(18-6-1)37-33-25-13-14-26-34(33)39(31-21-9-3-10-22-31)42-40(32-23-11-4-12-24-32)36-28-16-15-27-35(36)38(41(37)42)30-19-7-2-8-20-30;1-3-22(4-2)14-10-9-13-11-15(20(23)24-17(13)12-14)19-21-16-7-5-6-8-18(16)25-19/h1-28H;5-12H,3-4H2,1-2H3. The van der Waals surface area contributed by atoms with E-state index in [-0.39, 0.29) is 5.63 Å². The maximum absolute atomic E-state index is 12.5. The van der Waals surface area contributed by atoms with E-state index in [2.05, 4.69) is 200 Å². The van der Waals surface area contributed by atoms with Gasteiger partial charge in [-0.2, -0.15) is 0 Å². The Hall–Kier alpha value is -8.12. The monoisotopic (exact) mass is 882 g/mol. The average molecular weight is 883 g/mol. The Balaban J connectivity index is 0.000000169.